The van der Waals surface area contributed by atoms with E-state index in [4.69, 9.17) is 9.47 Å². The molecule has 1 aromatic rings. The summed E-state index contributed by atoms with van der Waals surface area (Å²) < 4.78 is 10.8. The lowest BCUT2D eigenvalue weighted by Gasteiger charge is -2.04. The standard InChI is InChI=1S/C11H12O2/c1-12-8-2-3-9-10(6-8)13-7-11(9)4-5-11/h2-3,6H,4-5,7H2,1H3. The second-order valence-corrected chi connectivity index (χ2v) is 3.93. The van der Waals surface area contributed by atoms with Gasteiger partial charge in [-0.3, -0.25) is 0 Å². The van der Waals surface area contributed by atoms with Crippen LogP contribution in [-0.2, 0) is 5.41 Å². The number of benzene rings is 1. The molecule has 0 bridgehead atoms. The summed E-state index contributed by atoms with van der Waals surface area (Å²) in [7, 11) is 1.68. The Balaban J connectivity index is 2.09. The minimum absolute atomic E-state index is 0.390. The molecule has 1 aromatic carbocycles. The summed E-state index contributed by atoms with van der Waals surface area (Å²) in [6, 6.07) is 6.16. The molecular formula is C11H12O2. The predicted molar refractivity (Wildman–Crippen MR) is 49.4 cm³/mol. The molecule has 2 heteroatoms. The molecule has 2 aliphatic rings. The smallest absolute Gasteiger partial charge is 0.126 e. The molecule has 0 saturated heterocycles. The number of rotatable bonds is 1. The van der Waals surface area contributed by atoms with E-state index in [1.165, 1.54) is 18.4 Å². The first-order chi connectivity index (χ1) is 6.34. The van der Waals surface area contributed by atoms with Crippen molar-refractivity contribution in [1.82, 2.24) is 0 Å². The number of fused-ring (bicyclic) bond motifs is 2. The van der Waals surface area contributed by atoms with Gasteiger partial charge in [-0.25, -0.2) is 0 Å². The van der Waals surface area contributed by atoms with Crippen LogP contribution in [0.5, 0.6) is 11.5 Å². The van der Waals surface area contributed by atoms with Crippen LogP contribution in [0.4, 0.5) is 0 Å². The first-order valence-electron chi connectivity index (χ1n) is 4.65. The highest BCUT2D eigenvalue weighted by atomic mass is 16.5. The molecule has 13 heavy (non-hydrogen) atoms. The fourth-order valence-corrected chi connectivity index (χ4v) is 2.05. The van der Waals surface area contributed by atoms with Crippen molar-refractivity contribution in [3.8, 4) is 11.5 Å². The lowest BCUT2D eigenvalue weighted by molar-refractivity contribution is 0.322. The van der Waals surface area contributed by atoms with Gasteiger partial charge in [-0.2, -0.15) is 0 Å². The maximum atomic E-state index is 5.64. The minimum Gasteiger partial charge on any atom is -0.497 e. The summed E-state index contributed by atoms with van der Waals surface area (Å²) in [4.78, 5) is 0. The molecule has 1 fully saturated rings. The zero-order valence-corrected chi connectivity index (χ0v) is 7.67. The van der Waals surface area contributed by atoms with E-state index in [1.807, 2.05) is 12.1 Å². The molecular weight excluding hydrogens is 164 g/mol. The van der Waals surface area contributed by atoms with Crippen molar-refractivity contribution >= 4 is 0 Å². The Bertz CT molecular complexity index is 353. The Labute approximate surface area is 77.5 Å². The SMILES string of the molecule is COc1ccc2c(c1)OCC21CC1. The average molecular weight is 176 g/mol. The van der Waals surface area contributed by atoms with Crippen LogP contribution >= 0.6 is 0 Å². The molecule has 0 unspecified atom stereocenters. The molecule has 0 aromatic heterocycles. The molecule has 2 nitrogen and oxygen atoms in total. The predicted octanol–water partition coefficient (Wildman–Crippen LogP) is 2.12. The second kappa shape index (κ2) is 2.19. The van der Waals surface area contributed by atoms with Crippen LogP contribution in [0.25, 0.3) is 0 Å². The van der Waals surface area contributed by atoms with Crippen LogP contribution in [-0.4, -0.2) is 13.7 Å². The van der Waals surface area contributed by atoms with Gasteiger partial charge in [0.15, 0.2) is 0 Å². The Morgan fingerprint density at radius 1 is 1.38 bits per heavy atom. The molecule has 1 heterocycles. The van der Waals surface area contributed by atoms with E-state index in [1.54, 1.807) is 7.11 Å². The highest BCUT2D eigenvalue weighted by molar-refractivity contribution is 5.50. The van der Waals surface area contributed by atoms with Gasteiger partial charge in [0.25, 0.3) is 0 Å². The Hall–Kier alpha value is -1.18. The van der Waals surface area contributed by atoms with Crippen molar-refractivity contribution in [1.29, 1.82) is 0 Å². The van der Waals surface area contributed by atoms with Crippen LogP contribution in [0.2, 0.25) is 0 Å². The highest BCUT2D eigenvalue weighted by Gasteiger charge is 2.50. The first-order valence-corrected chi connectivity index (χ1v) is 4.65. The molecule has 3 rings (SSSR count). The summed E-state index contributed by atoms with van der Waals surface area (Å²) in [5, 5.41) is 0. The van der Waals surface area contributed by atoms with Gasteiger partial charge in [0.1, 0.15) is 11.5 Å². The fraction of sp³-hybridized carbons (Fsp3) is 0.455. The van der Waals surface area contributed by atoms with Gasteiger partial charge in [0.2, 0.25) is 0 Å². The third-order valence-electron chi connectivity index (χ3n) is 3.12. The Morgan fingerprint density at radius 3 is 2.92 bits per heavy atom. The Morgan fingerprint density at radius 2 is 2.23 bits per heavy atom. The van der Waals surface area contributed by atoms with E-state index < -0.39 is 0 Å². The number of methoxy groups -OCH3 is 1. The molecule has 1 aliphatic carbocycles. The zero-order chi connectivity index (χ0) is 8.89. The number of hydrogen-bond acceptors (Lipinski definition) is 2. The van der Waals surface area contributed by atoms with Crippen molar-refractivity contribution in [2.24, 2.45) is 0 Å². The maximum absolute atomic E-state index is 5.64. The average Bonchev–Trinajstić information content (AvgIpc) is 2.86. The van der Waals surface area contributed by atoms with Crippen LogP contribution in [0, 0.1) is 0 Å². The van der Waals surface area contributed by atoms with Crippen LogP contribution in [0.15, 0.2) is 18.2 Å². The minimum atomic E-state index is 0.390. The van der Waals surface area contributed by atoms with Gasteiger partial charge < -0.3 is 9.47 Å². The largest absolute Gasteiger partial charge is 0.497 e. The fourth-order valence-electron chi connectivity index (χ4n) is 2.05. The second-order valence-electron chi connectivity index (χ2n) is 3.93. The molecule has 68 valence electrons. The van der Waals surface area contributed by atoms with Crippen molar-refractivity contribution in [2.75, 3.05) is 13.7 Å². The monoisotopic (exact) mass is 176 g/mol. The first kappa shape index (κ1) is 7.25. The van der Waals surface area contributed by atoms with Crippen LogP contribution in [0.1, 0.15) is 18.4 Å². The van der Waals surface area contributed by atoms with Crippen molar-refractivity contribution in [3.05, 3.63) is 23.8 Å². The van der Waals surface area contributed by atoms with E-state index in [0.717, 1.165) is 18.1 Å². The van der Waals surface area contributed by atoms with Crippen LogP contribution < -0.4 is 9.47 Å². The lowest BCUT2D eigenvalue weighted by atomic mass is 9.99. The molecule has 1 spiro atoms. The summed E-state index contributed by atoms with van der Waals surface area (Å²) in [5.41, 5.74) is 1.77. The van der Waals surface area contributed by atoms with Gasteiger partial charge in [0, 0.05) is 17.0 Å². The Kier molecular flexibility index (Phi) is 1.22. The third-order valence-corrected chi connectivity index (χ3v) is 3.12. The number of ether oxygens (including phenoxy) is 2. The molecule has 0 N–H and O–H groups in total. The number of hydrogen-bond donors (Lipinski definition) is 0. The highest BCUT2D eigenvalue weighted by Crippen LogP contribution is 2.55. The van der Waals surface area contributed by atoms with E-state index in [9.17, 15) is 0 Å². The van der Waals surface area contributed by atoms with Gasteiger partial charge in [-0.05, 0) is 18.9 Å². The summed E-state index contributed by atoms with van der Waals surface area (Å²) in [6.07, 6.45) is 2.57. The van der Waals surface area contributed by atoms with E-state index in [0.29, 0.717) is 5.41 Å². The molecule has 0 radical (unpaired) electrons. The molecule has 1 aliphatic heterocycles. The van der Waals surface area contributed by atoms with E-state index in [-0.39, 0.29) is 0 Å². The normalized spacial score (nSPS) is 21.0. The topological polar surface area (TPSA) is 18.5 Å². The van der Waals surface area contributed by atoms with Crippen molar-refractivity contribution in [3.63, 3.8) is 0 Å². The third kappa shape index (κ3) is 0.886. The summed E-state index contributed by atoms with van der Waals surface area (Å²) >= 11 is 0. The summed E-state index contributed by atoms with van der Waals surface area (Å²) in [5.74, 6) is 1.91. The van der Waals surface area contributed by atoms with Gasteiger partial charge in [-0.1, -0.05) is 6.07 Å². The quantitative estimate of drug-likeness (QED) is 0.652. The summed E-state index contributed by atoms with van der Waals surface area (Å²) in [6.45, 7) is 0.871. The maximum Gasteiger partial charge on any atom is 0.126 e. The molecule has 1 saturated carbocycles. The van der Waals surface area contributed by atoms with Crippen molar-refractivity contribution in [2.45, 2.75) is 18.3 Å². The van der Waals surface area contributed by atoms with E-state index in [2.05, 4.69) is 6.07 Å². The molecule has 0 amide bonds. The van der Waals surface area contributed by atoms with Gasteiger partial charge in [0.05, 0.1) is 13.7 Å². The van der Waals surface area contributed by atoms with Crippen LogP contribution in [0.3, 0.4) is 0 Å². The zero-order valence-electron chi connectivity index (χ0n) is 7.67. The van der Waals surface area contributed by atoms with Crippen molar-refractivity contribution < 1.29 is 9.47 Å². The van der Waals surface area contributed by atoms with Gasteiger partial charge >= 0.3 is 0 Å². The lowest BCUT2D eigenvalue weighted by Crippen LogP contribution is -2.06. The molecule has 0 atom stereocenters. The van der Waals surface area contributed by atoms with E-state index >= 15 is 0 Å². The van der Waals surface area contributed by atoms with Gasteiger partial charge in [-0.15, -0.1) is 0 Å².